The first kappa shape index (κ1) is 29.5. The van der Waals surface area contributed by atoms with Crippen LogP contribution in [0.2, 0.25) is 0 Å². The van der Waals surface area contributed by atoms with Crippen molar-refractivity contribution in [3.05, 3.63) is 138 Å². The maximum absolute atomic E-state index is 6.25. The van der Waals surface area contributed by atoms with E-state index >= 15 is 0 Å². The van der Waals surface area contributed by atoms with Gasteiger partial charge in [0.2, 0.25) is 0 Å². The van der Waals surface area contributed by atoms with Crippen LogP contribution in [0.25, 0.3) is 78.0 Å². The topological polar surface area (TPSA) is 51.8 Å². The number of fused-ring (bicyclic) bond motifs is 5. The molecule has 4 heteroatoms. The summed E-state index contributed by atoms with van der Waals surface area (Å²) >= 11 is 0. The van der Waals surface area contributed by atoms with Crippen LogP contribution in [-0.4, -0.2) is 15.0 Å². The molecule has 0 radical (unpaired) electrons. The fourth-order valence-electron chi connectivity index (χ4n) is 8.23. The fraction of sp³-hybridized carbons (Fsp3) is 0.178. The second-order valence-electron chi connectivity index (χ2n) is 14.9. The molecule has 8 aromatic rings. The van der Waals surface area contributed by atoms with E-state index in [1.54, 1.807) is 0 Å². The van der Waals surface area contributed by atoms with Gasteiger partial charge in [0, 0.05) is 27.5 Å². The molecule has 2 aromatic heterocycles. The molecule has 0 saturated carbocycles. The van der Waals surface area contributed by atoms with E-state index in [4.69, 9.17) is 19.4 Å². The van der Waals surface area contributed by atoms with E-state index in [1.807, 2.05) is 24.3 Å². The van der Waals surface area contributed by atoms with E-state index < -0.39 is 0 Å². The first-order valence-corrected chi connectivity index (χ1v) is 17.1. The minimum Gasteiger partial charge on any atom is -0.456 e. The third-order valence-electron chi connectivity index (χ3n) is 10.4. The normalized spacial score (nSPS) is 14.9. The quantitative estimate of drug-likeness (QED) is 0.193. The Labute approximate surface area is 286 Å². The molecule has 0 aliphatic heterocycles. The van der Waals surface area contributed by atoms with Crippen molar-refractivity contribution >= 4 is 32.7 Å². The van der Waals surface area contributed by atoms with Crippen molar-refractivity contribution in [2.45, 2.75) is 51.9 Å². The number of para-hydroxylation sites is 1. The van der Waals surface area contributed by atoms with Crippen molar-refractivity contribution in [1.82, 2.24) is 15.0 Å². The summed E-state index contributed by atoms with van der Waals surface area (Å²) < 4.78 is 6.25. The lowest BCUT2D eigenvalue weighted by atomic mass is 9.82. The van der Waals surface area contributed by atoms with Crippen molar-refractivity contribution in [2.75, 3.05) is 0 Å². The van der Waals surface area contributed by atoms with Gasteiger partial charge in [-0.1, -0.05) is 130 Å². The van der Waals surface area contributed by atoms with E-state index in [9.17, 15) is 0 Å². The highest BCUT2D eigenvalue weighted by atomic mass is 16.3. The van der Waals surface area contributed by atoms with Gasteiger partial charge in [0.05, 0.1) is 0 Å². The van der Waals surface area contributed by atoms with Gasteiger partial charge in [-0.15, -0.1) is 0 Å². The van der Waals surface area contributed by atoms with Gasteiger partial charge in [-0.2, -0.15) is 0 Å². The molecular formula is C45H37N3O. The Bertz CT molecular complexity index is 2590. The van der Waals surface area contributed by atoms with Crippen molar-refractivity contribution in [2.24, 2.45) is 0 Å². The standard InChI is InChI=1S/C45H37N3O/c1-27-14-16-28(17-15-27)41-46-42(30-18-20-35-34-12-8-9-13-39(34)49-40(35)25-30)48-43(47-41)36-22-21-31(32-10-6-7-11-33(32)36)29-19-23-37-38(24-29)45(4,5)26-44(37,2)3/h6-25H,26H2,1-5H3. The summed E-state index contributed by atoms with van der Waals surface area (Å²) in [7, 11) is 0. The van der Waals surface area contributed by atoms with E-state index in [1.165, 1.54) is 33.2 Å². The lowest BCUT2D eigenvalue weighted by Gasteiger charge is -2.22. The summed E-state index contributed by atoms with van der Waals surface area (Å²) in [5, 5.41) is 4.47. The van der Waals surface area contributed by atoms with Gasteiger partial charge in [-0.05, 0) is 81.5 Å². The number of furan rings is 1. The van der Waals surface area contributed by atoms with Gasteiger partial charge >= 0.3 is 0 Å². The van der Waals surface area contributed by atoms with Crippen LogP contribution in [0.15, 0.2) is 126 Å². The number of rotatable bonds is 4. The number of hydrogen-bond donors (Lipinski definition) is 0. The van der Waals surface area contributed by atoms with Crippen LogP contribution in [0, 0.1) is 6.92 Å². The molecule has 0 spiro atoms. The van der Waals surface area contributed by atoms with Gasteiger partial charge in [0.1, 0.15) is 11.2 Å². The van der Waals surface area contributed by atoms with E-state index in [-0.39, 0.29) is 10.8 Å². The van der Waals surface area contributed by atoms with Crippen molar-refractivity contribution in [1.29, 1.82) is 0 Å². The monoisotopic (exact) mass is 635 g/mol. The molecule has 238 valence electrons. The predicted octanol–water partition coefficient (Wildman–Crippen LogP) is 11.9. The molecule has 6 aromatic carbocycles. The number of aromatic nitrogens is 3. The zero-order chi connectivity index (χ0) is 33.5. The van der Waals surface area contributed by atoms with Crippen molar-refractivity contribution < 1.29 is 4.42 Å². The summed E-state index contributed by atoms with van der Waals surface area (Å²) in [6.45, 7) is 11.6. The van der Waals surface area contributed by atoms with Gasteiger partial charge in [-0.25, -0.2) is 15.0 Å². The summed E-state index contributed by atoms with van der Waals surface area (Å²) in [5.41, 5.74) is 11.3. The Kier molecular flexibility index (Phi) is 6.45. The molecule has 4 nitrogen and oxygen atoms in total. The average molecular weight is 636 g/mol. The second kappa shape index (κ2) is 10.7. The van der Waals surface area contributed by atoms with E-state index in [0.717, 1.165) is 50.4 Å². The SMILES string of the molecule is Cc1ccc(-c2nc(-c3ccc4c(c3)oc3ccccc34)nc(-c3ccc(-c4ccc5c(c4)C(C)(C)CC5(C)C)c4ccccc34)n2)cc1. The number of benzene rings is 6. The number of hydrogen-bond acceptors (Lipinski definition) is 4. The van der Waals surface area contributed by atoms with E-state index in [2.05, 4.69) is 132 Å². The zero-order valence-electron chi connectivity index (χ0n) is 28.5. The summed E-state index contributed by atoms with van der Waals surface area (Å²) in [6, 6.07) is 42.9. The van der Waals surface area contributed by atoms with Gasteiger partial charge in [0.15, 0.2) is 17.5 Å². The summed E-state index contributed by atoms with van der Waals surface area (Å²) in [4.78, 5) is 15.3. The predicted molar refractivity (Wildman–Crippen MR) is 202 cm³/mol. The highest BCUT2D eigenvalue weighted by Gasteiger charge is 2.41. The van der Waals surface area contributed by atoms with Crippen molar-refractivity contribution in [3.63, 3.8) is 0 Å². The molecule has 9 rings (SSSR count). The Morgan fingerprint density at radius 2 is 1.04 bits per heavy atom. The molecule has 1 aliphatic carbocycles. The lowest BCUT2D eigenvalue weighted by molar-refractivity contribution is 0.403. The first-order valence-electron chi connectivity index (χ1n) is 17.1. The molecule has 0 fully saturated rings. The molecular weight excluding hydrogens is 599 g/mol. The van der Waals surface area contributed by atoms with Crippen LogP contribution in [0.3, 0.4) is 0 Å². The van der Waals surface area contributed by atoms with Crippen LogP contribution < -0.4 is 0 Å². The van der Waals surface area contributed by atoms with Gasteiger partial charge in [0.25, 0.3) is 0 Å². The number of nitrogens with zero attached hydrogens (tertiary/aromatic N) is 3. The van der Waals surface area contributed by atoms with Crippen LogP contribution in [0.5, 0.6) is 0 Å². The maximum Gasteiger partial charge on any atom is 0.164 e. The smallest absolute Gasteiger partial charge is 0.164 e. The minimum absolute atomic E-state index is 0.129. The van der Waals surface area contributed by atoms with Crippen LogP contribution in [0.1, 0.15) is 50.8 Å². The van der Waals surface area contributed by atoms with Crippen LogP contribution in [0.4, 0.5) is 0 Å². The molecule has 0 saturated heterocycles. The molecule has 2 heterocycles. The maximum atomic E-state index is 6.25. The van der Waals surface area contributed by atoms with Crippen LogP contribution >= 0.6 is 0 Å². The molecule has 49 heavy (non-hydrogen) atoms. The second-order valence-corrected chi connectivity index (χ2v) is 14.9. The average Bonchev–Trinajstić information content (AvgIpc) is 3.57. The van der Waals surface area contributed by atoms with Gasteiger partial charge < -0.3 is 4.42 Å². The van der Waals surface area contributed by atoms with Gasteiger partial charge in [-0.3, -0.25) is 0 Å². The molecule has 0 amide bonds. The Morgan fingerprint density at radius 3 is 1.82 bits per heavy atom. The third-order valence-corrected chi connectivity index (χ3v) is 10.4. The Hall–Kier alpha value is -5.61. The molecule has 1 aliphatic rings. The van der Waals surface area contributed by atoms with Crippen LogP contribution in [-0.2, 0) is 10.8 Å². The summed E-state index contributed by atoms with van der Waals surface area (Å²) in [6.07, 6.45) is 1.15. The zero-order valence-corrected chi connectivity index (χ0v) is 28.5. The first-order chi connectivity index (χ1) is 23.6. The molecule has 0 N–H and O–H groups in total. The molecule has 0 atom stereocenters. The highest BCUT2D eigenvalue weighted by molar-refractivity contribution is 6.06. The molecule has 0 bridgehead atoms. The Balaban J connectivity index is 1.22. The van der Waals surface area contributed by atoms with E-state index in [0.29, 0.717) is 17.5 Å². The minimum atomic E-state index is 0.129. The largest absolute Gasteiger partial charge is 0.456 e. The molecule has 0 unspecified atom stereocenters. The highest BCUT2D eigenvalue weighted by Crippen LogP contribution is 2.50. The third kappa shape index (κ3) is 4.85. The fourth-order valence-corrected chi connectivity index (χ4v) is 8.23. The van der Waals surface area contributed by atoms with Crippen molar-refractivity contribution in [3.8, 4) is 45.3 Å². The summed E-state index contributed by atoms with van der Waals surface area (Å²) in [5.74, 6) is 1.89. The lowest BCUT2D eigenvalue weighted by Crippen LogP contribution is -2.17. The number of aryl methyl sites for hydroxylation is 1. The Morgan fingerprint density at radius 1 is 0.469 bits per heavy atom.